The highest BCUT2D eigenvalue weighted by Gasteiger charge is 2.05. The van der Waals surface area contributed by atoms with Gasteiger partial charge in [-0.3, -0.25) is 0 Å². The summed E-state index contributed by atoms with van der Waals surface area (Å²) in [5.74, 6) is -1.06. The zero-order valence-electron chi connectivity index (χ0n) is 7.14. The molecule has 3 heteroatoms. The molecule has 0 bridgehead atoms. The number of hydrogen-bond donors (Lipinski definition) is 0. The van der Waals surface area contributed by atoms with E-state index in [0.29, 0.717) is 12.2 Å². The van der Waals surface area contributed by atoms with E-state index in [9.17, 15) is 8.78 Å². The van der Waals surface area contributed by atoms with Crippen molar-refractivity contribution in [1.82, 2.24) is 0 Å². The van der Waals surface area contributed by atoms with Gasteiger partial charge in [-0.15, -0.1) is 0 Å². The van der Waals surface area contributed by atoms with Crippen LogP contribution in [0.1, 0.15) is 6.92 Å². The minimum Gasteiger partial charge on any atom is -0.373 e. The van der Waals surface area contributed by atoms with Crippen LogP contribution in [0, 0.1) is 11.6 Å². The lowest BCUT2D eigenvalue weighted by Gasteiger charge is -2.16. The molecule has 0 spiro atoms. The first-order chi connectivity index (χ1) is 5.65. The Bertz CT molecular complexity index is 273. The first-order valence-electron chi connectivity index (χ1n) is 3.81. The lowest BCUT2D eigenvalue weighted by molar-refractivity contribution is 0.581. The lowest BCUT2D eigenvalue weighted by atomic mass is 10.3. The zero-order valence-corrected chi connectivity index (χ0v) is 7.14. The maximum absolute atomic E-state index is 13.0. The molecule has 0 unspecified atom stereocenters. The standard InChI is InChI=1S/C9H11F2N/c1-3-12(2)9-5-4-7(10)6-8(9)11/h4-6H,3H2,1-2H3. The third kappa shape index (κ3) is 1.72. The Hall–Kier alpha value is -1.12. The molecule has 0 amide bonds. The van der Waals surface area contributed by atoms with Crippen molar-refractivity contribution in [3.8, 4) is 0 Å². The molecular formula is C9H11F2N. The van der Waals surface area contributed by atoms with Crippen molar-refractivity contribution in [2.45, 2.75) is 6.92 Å². The van der Waals surface area contributed by atoms with Gasteiger partial charge in [0.1, 0.15) is 11.6 Å². The number of nitrogens with zero attached hydrogens (tertiary/aromatic N) is 1. The van der Waals surface area contributed by atoms with E-state index in [4.69, 9.17) is 0 Å². The molecule has 0 saturated heterocycles. The maximum Gasteiger partial charge on any atom is 0.149 e. The molecule has 0 aromatic heterocycles. The van der Waals surface area contributed by atoms with Crippen LogP contribution in [0.25, 0.3) is 0 Å². The van der Waals surface area contributed by atoms with E-state index in [1.54, 1.807) is 11.9 Å². The van der Waals surface area contributed by atoms with Crippen molar-refractivity contribution in [3.63, 3.8) is 0 Å². The summed E-state index contributed by atoms with van der Waals surface area (Å²) in [5, 5.41) is 0. The lowest BCUT2D eigenvalue weighted by Crippen LogP contribution is -2.17. The van der Waals surface area contributed by atoms with Crippen LogP contribution in [0.2, 0.25) is 0 Å². The molecular weight excluding hydrogens is 160 g/mol. The first kappa shape index (κ1) is 8.97. The van der Waals surface area contributed by atoms with Crippen LogP contribution in [0.5, 0.6) is 0 Å². The fourth-order valence-electron chi connectivity index (χ4n) is 0.961. The summed E-state index contributed by atoms with van der Waals surface area (Å²) in [7, 11) is 1.76. The smallest absolute Gasteiger partial charge is 0.149 e. The van der Waals surface area contributed by atoms with E-state index in [1.807, 2.05) is 6.92 Å². The van der Waals surface area contributed by atoms with Gasteiger partial charge in [-0.1, -0.05) is 0 Å². The summed E-state index contributed by atoms with van der Waals surface area (Å²) in [6.07, 6.45) is 0. The minimum atomic E-state index is -0.541. The monoisotopic (exact) mass is 171 g/mol. The Morgan fingerprint density at radius 3 is 2.50 bits per heavy atom. The van der Waals surface area contributed by atoms with Crippen LogP contribution in [-0.4, -0.2) is 13.6 Å². The van der Waals surface area contributed by atoms with Gasteiger partial charge in [0.15, 0.2) is 0 Å². The predicted octanol–water partition coefficient (Wildman–Crippen LogP) is 2.42. The van der Waals surface area contributed by atoms with E-state index in [-0.39, 0.29) is 0 Å². The molecule has 66 valence electrons. The Balaban J connectivity index is 3.01. The molecule has 0 aliphatic heterocycles. The summed E-state index contributed by atoms with van der Waals surface area (Å²) in [5.41, 5.74) is 0.430. The second kappa shape index (κ2) is 3.52. The molecule has 0 N–H and O–H groups in total. The molecule has 0 heterocycles. The van der Waals surface area contributed by atoms with E-state index >= 15 is 0 Å². The maximum atomic E-state index is 13.0. The Morgan fingerprint density at radius 1 is 1.33 bits per heavy atom. The van der Waals surface area contributed by atoms with Gasteiger partial charge in [-0.2, -0.15) is 0 Å². The fourth-order valence-corrected chi connectivity index (χ4v) is 0.961. The summed E-state index contributed by atoms with van der Waals surface area (Å²) >= 11 is 0. The number of rotatable bonds is 2. The molecule has 0 fully saturated rings. The average molecular weight is 171 g/mol. The van der Waals surface area contributed by atoms with Crippen molar-refractivity contribution >= 4 is 5.69 Å². The SMILES string of the molecule is CCN(C)c1ccc(F)cc1F. The van der Waals surface area contributed by atoms with Crippen molar-refractivity contribution < 1.29 is 8.78 Å². The summed E-state index contributed by atoms with van der Waals surface area (Å²) < 4.78 is 25.5. The van der Waals surface area contributed by atoms with Crippen LogP contribution >= 0.6 is 0 Å². The molecule has 0 aliphatic rings. The molecule has 12 heavy (non-hydrogen) atoms. The summed E-state index contributed by atoms with van der Waals surface area (Å²) in [4.78, 5) is 1.72. The van der Waals surface area contributed by atoms with Gasteiger partial charge in [0, 0.05) is 19.7 Å². The predicted molar refractivity (Wildman–Crippen MR) is 45.3 cm³/mol. The molecule has 0 radical (unpaired) electrons. The van der Waals surface area contributed by atoms with Gasteiger partial charge in [0.25, 0.3) is 0 Å². The number of benzene rings is 1. The average Bonchev–Trinajstić information content (AvgIpc) is 2.03. The Labute approximate surface area is 70.6 Å². The fraction of sp³-hybridized carbons (Fsp3) is 0.333. The topological polar surface area (TPSA) is 3.24 Å². The quantitative estimate of drug-likeness (QED) is 0.660. The van der Waals surface area contributed by atoms with Crippen molar-refractivity contribution in [1.29, 1.82) is 0 Å². The van der Waals surface area contributed by atoms with E-state index in [1.165, 1.54) is 12.1 Å². The highest BCUT2D eigenvalue weighted by atomic mass is 19.1. The van der Waals surface area contributed by atoms with Crippen LogP contribution in [0.3, 0.4) is 0 Å². The molecule has 1 aromatic carbocycles. The zero-order chi connectivity index (χ0) is 9.14. The van der Waals surface area contributed by atoms with Crippen molar-refractivity contribution in [2.75, 3.05) is 18.5 Å². The highest BCUT2D eigenvalue weighted by Crippen LogP contribution is 2.18. The van der Waals surface area contributed by atoms with E-state index < -0.39 is 11.6 Å². The van der Waals surface area contributed by atoms with Gasteiger partial charge in [0.05, 0.1) is 5.69 Å². The van der Waals surface area contributed by atoms with Crippen LogP contribution in [-0.2, 0) is 0 Å². The molecule has 1 rings (SSSR count). The van der Waals surface area contributed by atoms with Gasteiger partial charge >= 0.3 is 0 Å². The van der Waals surface area contributed by atoms with E-state index in [2.05, 4.69) is 0 Å². The second-order valence-electron chi connectivity index (χ2n) is 2.61. The third-order valence-corrected chi connectivity index (χ3v) is 1.80. The largest absolute Gasteiger partial charge is 0.373 e. The van der Waals surface area contributed by atoms with Crippen molar-refractivity contribution in [3.05, 3.63) is 29.8 Å². The number of anilines is 1. The van der Waals surface area contributed by atoms with Crippen LogP contribution < -0.4 is 4.90 Å². The molecule has 0 saturated carbocycles. The first-order valence-corrected chi connectivity index (χ1v) is 3.81. The van der Waals surface area contributed by atoms with Gasteiger partial charge in [0.2, 0.25) is 0 Å². The molecule has 0 aliphatic carbocycles. The minimum absolute atomic E-state index is 0.430. The van der Waals surface area contributed by atoms with Gasteiger partial charge < -0.3 is 4.90 Å². The van der Waals surface area contributed by atoms with Gasteiger partial charge in [-0.25, -0.2) is 8.78 Å². The number of hydrogen-bond acceptors (Lipinski definition) is 1. The molecule has 0 atom stereocenters. The molecule has 1 nitrogen and oxygen atoms in total. The van der Waals surface area contributed by atoms with Crippen LogP contribution in [0.4, 0.5) is 14.5 Å². The van der Waals surface area contributed by atoms with Gasteiger partial charge in [-0.05, 0) is 19.1 Å². The summed E-state index contributed by atoms with van der Waals surface area (Å²) in [6.45, 7) is 2.60. The van der Waals surface area contributed by atoms with E-state index in [0.717, 1.165) is 6.07 Å². The van der Waals surface area contributed by atoms with Crippen molar-refractivity contribution in [2.24, 2.45) is 0 Å². The summed E-state index contributed by atoms with van der Waals surface area (Å²) in [6, 6.07) is 3.58. The third-order valence-electron chi connectivity index (χ3n) is 1.80. The Morgan fingerprint density at radius 2 is 2.00 bits per heavy atom. The normalized spacial score (nSPS) is 10.0. The van der Waals surface area contributed by atoms with Crippen LogP contribution in [0.15, 0.2) is 18.2 Å². The second-order valence-corrected chi connectivity index (χ2v) is 2.61. The highest BCUT2D eigenvalue weighted by molar-refractivity contribution is 5.46. The Kier molecular flexibility index (Phi) is 2.63. The molecule has 1 aromatic rings. The number of halogens is 2.